The van der Waals surface area contributed by atoms with E-state index >= 15 is 0 Å². The first-order valence-corrected chi connectivity index (χ1v) is 2.47. The molecule has 0 aromatic heterocycles. The Hall–Kier alpha value is -1.18. The lowest BCUT2D eigenvalue weighted by Crippen LogP contribution is -2.22. The molecule has 0 bridgehead atoms. The van der Waals surface area contributed by atoms with Crippen LogP contribution in [0.5, 0.6) is 0 Å². The Morgan fingerprint density at radius 2 is 2.00 bits per heavy atom. The van der Waals surface area contributed by atoms with Crippen molar-refractivity contribution >= 4 is 0 Å². The van der Waals surface area contributed by atoms with E-state index in [4.69, 9.17) is 18.0 Å². The zero-order chi connectivity index (χ0) is 7.33. The number of rotatable bonds is 2. The van der Waals surface area contributed by atoms with Crippen molar-refractivity contribution in [2.45, 2.75) is 12.0 Å². The molecule has 1 heteroatoms. The summed E-state index contributed by atoms with van der Waals surface area (Å²) in [6.45, 7) is 3.39. The predicted octanol–water partition coefficient (Wildman–Crippen LogP) is 0.560. The number of hydrogen-bond donors (Lipinski definition) is 1. The molecule has 0 aliphatic rings. The monoisotopic (exact) mass is 120 g/mol. The third-order valence-corrected chi connectivity index (χ3v) is 0.917. The molecule has 0 aromatic rings. The summed E-state index contributed by atoms with van der Waals surface area (Å²) < 4.78 is 0. The van der Waals surface area contributed by atoms with Crippen LogP contribution < -0.4 is 0 Å². The van der Waals surface area contributed by atoms with Crippen molar-refractivity contribution in [1.29, 1.82) is 0 Å². The first-order valence-electron chi connectivity index (χ1n) is 2.47. The molecule has 0 aliphatic heterocycles. The quantitative estimate of drug-likeness (QED) is 0.417. The second-order valence-electron chi connectivity index (χ2n) is 1.64. The van der Waals surface area contributed by atoms with Crippen LogP contribution in [-0.4, -0.2) is 10.7 Å². The van der Waals surface area contributed by atoms with Gasteiger partial charge in [0, 0.05) is 6.42 Å². The van der Waals surface area contributed by atoms with E-state index in [1.807, 2.05) is 0 Å². The molecule has 0 heterocycles. The van der Waals surface area contributed by atoms with Gasteiger partial charge in [-0.1, -0.05) is 17.9 Å². The minimum atomic E-state index is -1.43. The first kappa shape index (κ1) is 7.82. The van der Waals surface area contributed by atoms with Crippen molar-refractivity contribution < 1.29 is 5.11 Å². The molecule has 9 heavy (non-hydrogen) atoms. The molecule has 0 rings (SSSR count). The largest absolute Gasteiger partial charge is 0.367 e. The highest BCUT2D eigenvalue weighted by Gasteiger charge is 2.16. The molecule has 0 spiro atoms. The van der Waals surface area contributed by atoms with Gasteiger partial charge in [0.25, 0.3) is 0 Å². The SMILES string of the molecule is C#CC(O)(C#C)CC=C. The summed E-state index contributed by atoms with van der Waals surface area (Å²) in [5, 5.41) is 9.09. The van der Waals surface area contributed by atoms with Gasteiger partial charge in [-0.15, -0.1) is 19.4 Å². The second-order valence-corrected chi connectivity index (χ2v) is 1.64. The summed E-state index contributed by atoms with van der Waals surface area (Å²) in [6.07, 6.45) is 11.5. The average Bonchev–Trinajstić information content (AvgIpc) is 1.89. The summed E-state index contributed by atoms with van der Waals surface area (Å²) in [7, 11) is 0. The molecule has 0 aromatic carbocycles. The van der Waals surface area contributed by atoms with Gasteiger partial charge < -0.3 is 5.11 Å². The van der Waals surface area contributed by atoms with Gasteiger partial charge in [0.1, 0.15) is 0 Å². The van der Waals surface area contributed by atoms with E-state index in [2.05, 4.69) is 18.4 Å². The maximum Gasteiger partial charge on any atom is 0.190 e. The highest BCUT2D eigenvalue weighted by molar-refractivity contribution is 5.25. The van der Waals surface area contributed by atoms with E-state index in [9.17, 15) is 0 Å². The Morgan fingerprint density at radius 3 is 2.11 bits per heavy atom. The Labute approximate surface area is 55.4 Å². The Bertz CT molecular complexity index is 164. The predicted molar refractivity (Wildman–Crippen MR) is 37.4 cm³/mol. The summed E-state index contributed by atoms with van der Waals surface area (Å²) >= 11 is 0. The maximum absolute atomic E-state index is 9.09. The molecule has 0 unspecified atom stereocenters. The molecule has 0 saturated heterocycles. The molecule has 1 N–H and O–H groups in total. The van der Waals surface area contributed by atoms with E-state index < -0.39 is 5.60 Å². The highest BCUT2D eigenvalue weighted by Crippen LogP contribution is 2.06. The maximum atomic E-state index is 9.09. The topological polar surface area (TPSA) is 20.2 Å². The van der Waals surface area contributed by atoms with Crippen molar-refractivity contribution in [3.63, 3.8) is 0 Å². The van der Waals surface area contributed by atoms with Crippen LogP contribution >= 0.6 is 0 Å². The van der Waals surface area contributed by atoms with Crippen molar-refractivity contribution in [3.05, 3.63) is 12.7 Å². The molecule has 0 radical (unpaired) electrons. The average molecular weight is 120 g/mol. The van der Waals surface area contributed by atoms with Crippen molar-refractivity contribution in [1.82, 2.24) is 0 Å². The fraction of sp³-hybridized carbons (Fsp3) is 0.250. The molecule has 0 amide bonds. The Balaban J connectivity index is 4.18. The van der Waals surface area contributed by atoms with E-state index in [1.165, 1.54) is 6.08 Å². The smallest absolute Gasteiger partial charge is 0.190 e. The normalized spacial score (nSPS) is 9.22. The lowest BCUT2D eigenvalue weighted by atomic mass is 10.0. The van der Waals surface area contributed by atoms with Gasteiger partial charge in [0.15, 0.2) is 5.60 Å². The second kappa shape index (κ2) is 2.97. The van der Waals surface area contributed by atoms with E-state index in [1.54, 1.807) is 0 Å². The van der Waals surface area contributed by atoms with E-state index in [0.717, 1.165) is 0 Å². The van der Waals surface area contributed by atoms with Crippen LogP contribution in [0.1, 0.15) is 6.42 Å². The summed E-state index contributed by atoms with van der Waals surface area (Å²) in [4.78, 5) is 0. The van der Waals surface area contributed by atoms with Gasteiger partial charge in [-0.05, 0) is 0 Å². The summed E-state index contributed by atoms with van der Waals surface area (Å²) in [5.74, 6) is 4.15. The lowest BCUT2D eigenvalue weighted by Gasteiger charge is -2.10. The van der Waals surface area contributed by atoms with Crippen molar-refractivity contribution in [2.24, 2.45) is 0 Å². The van der Waals surface area contributed by atoms with Crippen LogP contribution in [-0.2, 0) is 0 Å². The fourth-order valence-electron chi connectivity index (χ4n) is 0.368. The van der Waals surface area contributed by atoms with Crippen LogP contribution in [0.15, 0.2) is 12.7 Å². The van der Waals surface area contributed by atoms with Crippen LogP contribution in [0.25, 0.3) is 0 Å². The summed E-state index contributed by atoms with van der Waals surface area (Å²) in [6, 6.07) is 0. The molecule has 0 aliphatic carbocycles. The van der Waals surface area contributed by atoms with Gasteiger partial charge >= 0.3 is 0 Å². The molecular formula is C8H8O. The van der Waals surface area contributed by atoms with Gasteiger partial charge in [-0.25, -0.2) is 0 Å². The van der Waals surface area contributed by atoms with Crippen LogP contribution in [0, 0.1) is 24.7 Å². The molecule has 46 valence electrons. The Kier molecular flexibility index (Phi) is 2.58. The van der Waals surface area contributed by atoms with Gasteiger partial charge in [-0.2, -0.15) is 0 Å². The lowest BCUT2D eigenvalue weighted by molar-refractivity contribution is 0.167. The number of hydrogen-bond acceptors (Lipinski definition) is 1. The van der Waals surface area contributed by atoms with Crippen molar-refractivity contribution in [3.8, 4) is 24.7 Å². The fourth-order valence-corrected chi connectivity index (χ4v) is 0.368. The summed E-state index contributed by atoms with van der Waals surface area (Å²) in [5.41, 5.74) is -1.43. The first-order chi connectivity index (χ1) is 4.18. The van der Waals surface area contributed by atoms with E-state index in [-0.39, 0.29) is 6.42 Å². The molecule has 0 atom stereocenters. The third kappa shape index (κ3) is 2.04. The number of terminal acetylenes is 2. The molecule has 0 fully saturated rings. The van der Waals surface area contributed by atoms with Crippen molar-refractivity contribution in [2.75, 3.05) is 0 Å². The van der Waals surface area contributed by atoms with Crippen LogP contribution in [0.4, 0.5) is 0 Å². The standard InChI is InChI=1S/C8H8O/c1-4-7-8(9,5-2)6-3/h2-4,9H,1,7H2. The van der Waals surface area contributed by atoms with Gasteiger partial charge in [-0.3, -0.25) is 0 Å². The minimum Gasteiger partial charge on any atom is -0.367 e. The third-order valence-electron chi connectivity index (χ3n) is 0.917. The minimum absolute atomic E-state index is 0.236. The molecular weight excluding hydrogens is 112 g/mol. The zero-order valence-electron chi connectivity index (χ0n) is 5.09. The van der Waals surface area contributed by atoms with Gasteiger partial charge in [0.05, 0.1) is 0 Å². The molecule has 1 nitrogen and oxygen atoms in total. The van der Waals surface area contributed by atoms with Crippen LogP contribution in [0.2, 0.25) is 0 Å². The Morgan fingerprint density at radius 1 is 1.56 bits per heavy atom. The molecule has 0 saturated carbocycles. The zero-order valence-corrected chi connectivity index (χ0v) is 5.09. The highest BCUT2D eigenvalue weighted by atomic mass is 16.3. The van der Waals surface area contributed by atoms with Gasteiger partial charge in [0.2, 0.25) is 0 Å². The number of aliphatic hydroxyl groups is 1. The van der Waals surface area contributed by atoms with E-state index in [0.29, 0.717) is 0 Å². The van der Waals surface area contributed by atoms with Crippen LogP contribution in [0.3, 0.4) is 0 Å².